The van der Waals surface area contributed by atoms with Crippen LogP contribution < -0.4 is 5.32 Å². The Hall–Kier alpha value is -1.52. The number of carbonyl (C=O) groups is 1. The van der Waals surface area contributed by atoms with Gasteiger partial charge in [-0.1, -0.05) is 19.0 Å². The topological polar surface area (TPSA) is 58.4 Å². The Morgan fingerprint density at radius 3 is 2.84 bits per heavy atom. The third kappa shape index (κ3) is 2.91. The quantitative estimate of drug-likeness (QED) is 0.914. The largest absolute Gasteiger partial charge is 0.361 e. The van der Waals surface area contributed by atoms with Crippen LogP contribution in [0, 0.1) is 19.8 Å². The Kier molecular flexibility index (Phi) is 4.12. The smallest absolute Gasteiger partial charge is 0.317 e. The molecule has 2 amide bonds. The molecule has 0 aromatic carbocycles. The monoisotopic (exact) mass is 265 g/mol. The van der Waals surface area contributed by atoms with Gasteiger partial charge in [0, 0.05) is 18.7 Å². The van der Waals surface area contributed by atoms with Crippen molar-refractivity contribution in [3.05, 3.63) is 17.0 Å². The number of nitrogens with one attached hydrogen (secondary N) is 1. The summed E-state index contributed by atoms with van der Waals surface area (Å²) < 4.78 is 5.23. The zero-order valence-corrected chi connectivity index (χ0v) is 12.2. The van der Waals surface area contributed by atoms with E-state index in [0.717, 1.165) is 36.4 Å². The SMILES string of the molecule is Cc1noc(C)c1[C@H]1CCCN1C(=O)NCC(C)C. The first-order valence-electron chi connectivity index (χ1n) is 6.98. The molecule has 1 fully saturated rings. The number of aryl methyl sites for hydroxylation is 2. The lowest BCUT2D eigenvalue weighted by Gasteiger charge is -2.25. The molecule has 1 aromatic rings. The van der Waals surface area contributed by atoms with Crippen molar-refractivity contribution in [2.75, 3.05) is 13.1 Å². The number of urea groups is 1. The van der Waals surface area contributed by atoms with E-state index in [0.29, 0.717) is 12.5 Å². The van der Waals surface area contributed by atoms with Crippen molar-refractivity contribution in [2.24, 2.45) is 5.92 Å². The maximum atomic E-state index is 12.2. The molecule has 1 saturated heterocycles. The van der Waals surface area contributed by atoms with Crippen molar-refractivity contribution < 1.29 is 9.32 Å². The molecule has 1 N–H and O–H groups in total. The Morgan fingerprint density at radius 2 is 2.26 bits per heavy atom. The van der Waals surface area contributed by atoms with Crippen LogP contribution in [0.5, 0.6) is 0 Å². The highest BCUT2D eigenvalue weighted by atomic mass is 16.5. The van der Waals surface area contributed by atoms with E-state index < -0.39 is 0 Å². The van der Waals surface area contributed by atoms with Crippen LogP contribution in [0.15, 0.2) is 4.52 Å². The minimum absolute atomic E-state index is 0.0243. The summed E-state index contributed by atoms with van der Waals surface area (Å²) >= 11 is 0. The second-order valence-electron chi connectivity index (χ2n) is 5.67. The summed E-state index contributed by atoms with van der Waals surface area (Å²) in [6, 6.07) is 0.134. The molecule has 1 aliphatic heterocycles. The number of amides is 2. The van der Waals surface area contributed by atoms with E-state index in [-0.39, 0.29) is 12.1 Å². The molecule has 0 aliphatic carbocycles. The van der Waals surface area contributed by atoms with E-state index in [1.54, 1.807) is 0 Å². The summed E-state index contributed by atoms with van der Waals surface area (Å²) in [6.45, 7) is 9.56. The van der Waals surface area contributed by atoms with Crippen molar-refractivity contribution >= 4 is 6.03 Å². The normalized spacial score (nSPS) is 19.2. The highest BCUT2D eigenvalue weighted by Crippen LogP contribution is 2.35. The first kappa shape index (κ1) is 13.9. The maximum Gasteiger partial charge on any atom is 0.317 e. The summed E-state index contributed by atoms with van der Waals surface area (Å²) in [7, 11) is 0. The van der Waals surface area contributed by atoms with Gasteiger partial charge in [-0.25, -0.2) is 4.79 Å². The molecule has 5 nitrogen and oxygen atoms in total. The van der Waals surface area contributed by atoms with E-state index in [4.69, 9.17) is 4.52 Å². The first-order chi connectivity index (χ1) is 9.00. The average molecular weight is 265 g/mol. The molecule has 2 heterocycles. The first-order valence-corrected chi connectivity index (χ1v) is 6.98. The third-order valence-electron chi connectivity index (χ3n) is 3.60. The summed E-state index contributed by atoms with van der Waals surface area (Å²) in [5.41, 5.74) is 1.98. The van der Waals surface area contributed by atoms with Crippen LogP contribution in [0.3, 0.4) is 0 Å². The number of likely N-dealkylation sites (tertiary alicyclic amines) is 1. The van der Waals surface area contributed by atoms with Crippen molar-refractivity contribution in [3.63, 3.8) is 0 Å². The van der Waals surface area contributed by atoms with E-state index >= 15 is 0 Å². The molecule has 2 rings (SSSR count). The Bertz CT molecular complexity index is 434. The molecular formula is C14H23N3O2. The fourth-order valence-corrected chi connectivity index (χ4v) is 2.67. The molecule has 0 spiro atoms. The van der Waals surface area contributed by atoms with Gasteiger partial charge in [0.2, 0.25) is 0 Å². The minimum atomic E-state index is 0.0243. The molecule has 19 heavy (non-hydrogen) atoms. The summed E-state index contributed by atoms with van der Waals surface area (Å²) in [6.07, 6.45) is 2.02. The van der Waals surface area contributed by atoms with Crippen LogP contribution in [0.1, 0.15) is 49.7 Å². The van der Waals surface area contributed by atoms with Crippen LogP contribution in [0.2, 0.25) is 0 Å². The molecule has 106 valence electrons. The van der Waals surface area contributed by atoms with Gasteiger partial charge in [-0.2, -0.15) is 0 Å². The van der Waals surface area contributed by atoms with Gasteiger partial charge in [-0.05, 0) is 32.6 Å². The van der Waals surface area contributed by atoms with E-state index in [1.807, 2.05) is 18.7 Å². The van der Waals surface area contributed by atoms with Crippen LogP contribution in [0.25, 0.3) is 0 Å². The second-order valence-corrected chi connectivity index (χ2v) is 5.67. The second kappa shape index (κ2) is 5.63. The lowest BCUT2D eigenvalue weighted by atomic mass is 10.0. The molecule has 1 aromatic heterocycles. The Labute approximate surface area is 114 Å². The van der Waals surface area contributed by atoms with Gasteiger partial charge in [0.25, 0.3) is 0 Å². The van der Waals surface area contributed by atoms with Crippen LogP contribution >= 0.6 is 0 Å². The number of nitrogens with zero attached hydrogens (tertiary/aromatic N) is 2. The zero-order valence-electron chi connectivity index (χ0n) is 12.2. The fourth-order valence-electron chi connectivity index (χ4n) is 2.67. The van der Waals surface area contributed by atoms with Gasteiger partial charge in [0.05, 0.1) is 11.7 Å². The number of carbonyl (C=O) groups excluding carboxylic acids is 1. The van der Waals surface area contributed by atoms with E-state index in [9.17, 15) is 4.79 Å². The van der Waals surface area contributed by atoms with Gasteiger partial charge < -0.3 is 14.7 Å². The number of hydrogen-bond acceptors (Lipinski definition) is 3. The molecule has 0 bridgehead atoms. The van der Waals surface area contributed by atoms with Gasteiger partial charge in [0.1, 0.15) is 5.76 Å². The molecule has 0 unspecified atom stereocenters. The minimum Gasteiger partial charge on any atom is -0.361 e. The zero-order chi connectivity index (χ0) is 14.0. The van der Waals surface area contributed by atoms with Crippen molar-refractivity contribution in [1.29, 1.82) is 0 Å². The summed E-state index contributed by atoms with van der Waals surface area (Å²) in [5.74, 6) is 1.29. The number of aromatic nitrogens is 1. The van der Waals surface area contributed by atoms with Crippen LogP contribution in [0.4, 0.5) is 4.79 Å². The predicted octanol–water partition coefficient (Wildman–Crippen LogP) is 2.79. The highest BCUT2D eigenvalue weighted by Gasteiger charge is 2.33. The molecule has 0 radical (unpaired) electrons. The molecular weight excluding hydrogens is 242 g/mol. The Balaban J connectivity index is 2.11. The van der Waals surface area contributed by atoms with Crippen LogP contribution in [-0.4, -0.2) is 29.2 Å². The van der Waals surface area contributed by atoms with Gasteiger partial charge in [-0.15, -0.1) is 0 Å². The molecule has 1 aliphatic rings. The number of hydrogen-bond donors (Lipinski definition) is 1. The highest BCUT2D eigenvalue weighted by molar-refractivity contribution is 5.75. The summed E-state index contributed by atoms with van der Waals surface area (Å²) in [4.78, 5) is 14.2. The van der Waals surface area contributed by atoms with Crippen LogP contribution in [-0.2, 0) is 0 Å². The Morgan fingerprint density at radius 1 is 1.53 bits per heavy atom. The lowest BCUT2D eigenvalue weighted by molar-refractivity contribution is 0.191. The molecule has 1 atom stereocenters. The van der Waals surface area contributed by atoms with Crippen molar-refractivity contribution in [3.8, 4) is 0 Å². The van der Waals surface area contributed by atoms with Gasteiger partial charge >= 0.3 is 6.03 Å². The average Bonchev–Trinajstić information content (AvgIpc) is 2.93. The molecule has 5 heteroatoms. The van der Waals surface area contributed by atoms with Gasteiger partial charge in [-0.3, -0.25) is 0 Å². The van der Waals surface area contributed by atoms with E-state index in [2.05, 4.69) is 24.3 Å². The maximum absolute atomic E-state index is 12.2. The lowest BCUT2D eigenvalue weighted by Crippen LogP contribution is -2.41. The van der Waals surface area contributed by atoms with E-state index in [1.165, 1.54) is 0 Å². The predicted molar refractivity (Wildman–Crippen MR) is 72.9 cm³/mol. The number of rotatable bonds is 3. The molecule has 0 saturated carbocycles. The third-order valence-corrected chi connectivity index (χ3v) is 3.60. The fraction of sp³-hybridized carbons (Fsp3) is 0.714. The summed E-state index contributed by atoms with van der Waals surface area (Å²) in [5, 5.41) is 6.99. The van der Waals surface area contributed by atoms with Crippen molar-refractivity contribution in [1.82, 2.24) is 15.4 Å². The van der Waals surface area contributed by atoms with Gasteiger partial charge in [0.15, 0.2) is 0 Å². The standard InChI is InChI=1S/C14H23N3O2/c1-9(2)8-15-14(18)17-7-5-6-12(17)13-10(3)16-19-11(13)4/h9,12H,5-8H2,1-4H3,(H,15,18)/t12-/m1/s1. The van der Waals surface area contributed by atoms with Crippen molar-refractivity contribution in [2.45, 2.75) is 46.6 Å².